The highest BCUT2D eigenvalue weighted by molar-refractivity contribution is 6.32. The van der Waals surface area contributed by atoms with Gasteiger partial charge < -0.3 is 9.84 Å². The number of aromatic nitrogens is 2. The summed E-state index contributed by atoms with van der Waals surface area (Å²) >= 11 is 5.99. The molecule has 2 aromatic rings. The van der Waals surface area contributed by atoms with Gasteiger partial charge in [0.15, 0.2) is 10.8 Å². The highest BCUT2D eigenvalue weighted by atomic mass is 35.5. The maximum absolute atomic E-state index is 12.5. The molecule has 1 N–H and O–H groups in total. The molecule has 0 spiro atoms. The zero-order valence-electron chi connectivity index (χ0n) is 13.5. The largest absolute Gasteiger partial charge is 0.360 e. The number of halogens is 1. The average Bonchev–Trinajstić information content (AvgIpc) is 2.91. The SMILES string of the molecule is CC(C)(C)C1CCc2onc(C(=O)Nc3cccnc3Cl)c2C1. The minimum atomic E-state index is -0.306. The molecule has 0 saturated heterocycles. The summed E-state index contributed by atoms with van der Waals surface area (Å²) < 4.78 is 5.38. The Kier molecular flexibility index (Phi) is 4.15. The van der Waals surface area contributed by atoms with Gasteiger partial charge >= 0.3 is 0 Å². The summed E-state index contributed by atoms with van der Waals surface area (Å²) in [5, 5.41) is 7.01. The van der Waals surface area contributed by atoms with Gasteiger partial charge in [0.25, 0.3) is 5.91 Å². The average molecular weight is 334 g/mol. The van der Waals surface area contributed by atoms with Crippen molar-refractivity contribution in [2.24, 2.45) is 11.3 Å². The lowest BCUT2D eigenvalue weighted by molar-refractivity contribution is 0.101. The van der Waals surface area contributed by atoms with Gasteiger partial charge in [-0.25, -0.2) is 4.98 Å². The summed E-state index contributed by atoms with van der Waals surface area (Å²) in [6.07, 6.45) is 4.27. The minimum Gasteiger partial charge on any atom is -0.360 e. The van der Waals surface area contributed by atoms with Crippen LogP contribution in [0.4, 0.5) is 5.69 Å². The first-order valence-electron chi connectivity index (χ1n) is 7.75. The van der Waals surface area contributed by atoms with Gasteiger partial charge in [-0.2, -0.15) is 0 Å². The number of pyridine rings is 1. The van der Waals surface area contributed by atoms with Crippen molar-refractivity contribution in [3.8, 4) is 0 Å². The second kappa shape index (κ2) is 5.96. The Morgan fingerprint density at radius 2 is 2.22 bits per heavy atom. The van der Waals surface area contributed by atoms with Crippen LogP contribution >= 0.6 is 11.6 Å². The first-order chi connectivity index (χ1) is 10.9. The van der Waals surface area contributed by atoms with Crippen LogP contribution in [0, 0.1) is 11.3 Å². The summed E-state index contributed by atoms with van der Waals surface area (Å²) in [4.78, 5) is 16.5. The molecule has 0 radical (unpaired) electrons. The summed E-state index contributed by atoms with van der Waals surface area (Å²) in [6, 6.07) is 3.42. The lowest BCUT2D eigenvalue weighted by atomic mass is 9.71. The fourth-order valence-electron chi connectivity index (χ4n) is 2.98. The molecule has 2 heterocycles. The van der Waals surface area contributed by atoms with E-state index < -0.39 is 0 Å². The lowest BCUT2D eigenvalue weighted by Gasteiger charge is -2.33. The highest BCUT2D eigenvalue weighted by Gasteiger charge is 2.34. The maximum atomic E-state index is 12.5. The Balaban J connectivity index is 1.84. The number of nitrogens with one attached hydrogen (secondary N) is 1. The van der Waals surface area contributed by atoms with Crippen LogP contribution in [0.25, 0.3) is 0 Å². The Hall–Kier alpha value is -1.88. The topological polar surface area (TPSA) is 68.0 Å². The number of nitrogens with zero attached hydrogens (tertiary/aromatic N) is 2. The molecule has 1 aliphatic carbocycles. The van der Waals surface area contributed by atoms with Crippen molar-refractivity contribution < 1.29 is 9.32 Å². The fourth-order valence-corrected chi connectivity index (χ4v) is 3.15. The van der Waals surface area contributed by atoms with Gasteiger partial charge in [0.2, 0.25) is 0 Å². The second-order valence-corrected chi connectivity index (χ2v) is 7.39. The molecular weight excluding hydrogens is 314 g/mol. The number of carbonyl (C=O) groups is 1. The molecule has 0 fully saturated rings. The van der Waals surface area contributed by atoms with Gasteiger partial charge in [-0.3, -0.25) is 4.79 Å². The smallest absolute Gasteiger partial charge is 0.278 e. The van der Waals surface area contributed by atoms with Crippen LogP contribution in [0.5, 0.6) is 0 Å². The molecule has 0 saturated carbocycles. The van der Waals surface area contributed by atoms with E-state index in [4.69, 9.17) is 16.1 Å². The molecule has 3 rings (SSSR count). The van der Waals surface area contributed by atoms with E-state index in [0.29, 0.717) is 17.3 Å². The third kappa shape index (κ3) is 3.24. The van der Waals surface area contributed by atoms with Gasteiger partial charge in [0.1, 0.15) is 5.76 Å². The van der Waals surface area contributed by atoms with Crippen molar-refractivity contribution in [3.05, 3.63) is 40.5 Å². The van der Waals surface area contributed by atoms with Crippen LogP contribution in [-0.2, 0) is 12.8 Å². The molecule has 5 nitrogen and oxygen atoms in total. The molecule has 2 aromatic heterocycles. The monoisotopic (exact) mass is 333 g/mol. The van der Waals surface area contributed by atoms with Crippen molar-refractivity contribution in [2.45, 2.75) is 40.0 Å². The molecular formula is C17H20ClN3O2. The molecule has 1 aliphatic rings. The van der Waals surface area contributed by atoms with E-state index in [9.17, 15) is 4.79 Å². The van der Waals surface area contributed by atoms with Gasteiger partial charge in [-0.15, -0.1) is 0 Å². The molecule has 0 bridgehead atoms. The van der Waals surface area contributed by atoms with Crippen LogP contribution in [0.1, 0.15) is 49.0 Å². The number of anilines is 1. The van der Waals surface area contributed by atoms with Crippen LogP contribution < -0.4 is 5.32 Å². The van der Waals surface area contributed by atoms with E-state index in [1.54, 1.807) is 18.3 Å². The van der Waals surface area contributed by atoms with Crippen LogP contribution in [0.2, 0.25) is 5.15 Å². The van der Waals surface area contributed by atoms with Crippen LogP contribution in [0.3, 0.4) is 0 Å². The molecule has 1 unspecified atom stereocenters. The number of hydrogen-bond donors (Lipinski definition) is 1. The first kappa shape index (κ1) is 16.0. The third-order valence-electron chi connectivity index (χ3n) is 4.49. The molecule has 6 heteroatoms. The quantitative estimate of drug-likeness (QED) is 0.839. The number of amides is 1. The standard InChI is InChI=1S/C17H20ClN3O2/c1-17(2,3)10-6-7-13-11(9-10)14(21-23-13)16(22)20-12-5-4-8-19-15(12)18/h4-5,8,10H,6-7,9H2,1-3H3,(H,20,22). The molecule has 23 heavy (non-hydrogen) atoms. The number of rotatable bonds is 2. The van der Waals surface area contributed by atoms with Gasteiger partial charge in [0.05, 0.1) is 5.69 Å². The van der Waals surface area contributed by atoms with E-state index in [1.165, 1.54) is 0 Å². The van der Waals surface area contributed by atoms with E-state index in [0.717, 1.165) is 30.6 Å². The van der Waals surface area contributed by atoms with E-state index in [-0.39, 0.29) is 16.5 Å². The predicted octanol–water partition coefficient (Wildman–Crippen LogP) is 4.13. The number of hydrogen-bond acceptors (Lipinski definition) is 4. The molecule has 0 aliphatic heterocycles. The summed E-state index contributed by atoms with van der Waals surface area (Å²) in [5.74, 6) is 1.02. The number of fused-ring (bicyclic) bond motifs is 1. The van der Waals surface area contributed by atoms with E-state index in [2.05, 4.69) is 36.2 Å². The maximum Gasteiger partial charge on any atom is 0.278 e. The van der Waals surface area contributed by atoms with Gasteiger partial charge in [0, 0.05) is 18.2 Å². The predicted molar refractivity (Wildman–Crippen MR) is 88.7 cm³/mol. The molecule has 1 amide bonds. The zero-order chi connectivity index (χ0) is 16.6. The summed E-state index contributed by atoms with van der Waals surface area (Å²) in [5.41, 5.74) is 1.94. The van der Waals surface area contributed by atoms with Crippen molar-refractivity contribution >= 4 is 23.2 Å². The van der Waals surface area contributed by atoms with Crippen LogP contribution in [0.15, 0.2) is 22.9 Å². The Labute approximate surface area is 140 Å². The van der Waals surface area contributed by atoms with Crippen molar-refractivity contribution in [3.63, 3.8) is 0 Å². The Morgan fingerprint density at radius 1 is 1.43 bits per heavy atom. The van der Waals surface area contributed by atoms with Gasteiger partial charge in [-0.1, -0.05) is 37.5 Å². The highest BCUT2D eigenvalue weighted by Crippen LogP contribution is 2.38. The summed E-state index contributed by atoms with van der Waals surface area (Å²) in [6.45, 7) is 6.68. The Morgan fingerprint density at radius 3 is 2.91 bits per heavy atom. The molecule has 122 valence electrons. The summed E-state index contributed by atoms with van der Waals surface area (Å²) in [7, 11) is 0. The van der Waals surface area contributed by atoms with E-state index >= 15 is 0 Å². The van der Waals surface area contributed by atoms with Gasteiger partial charge in [-0.05, 0) is 36.3 Å². The van der Waals surface area contributed by atoms with Crippen LogP contribution in [-0.4, -0.2) is 16.0 Å². The van der Waals surface area contributed by atoms with E-state index in [1.807, 2.05) is 0 Å². The zero-order valence-corrected chi connectivity index (χ0v) is 14.3. The number of carbonyl (C=O) groups excluding carboxylic acids is 1. The normalized spacial score (nSPS) is 17.7. The van der Waals surface area contributed by atoms with Crippen molar-refractivity contribution in [1.82, 2.24) is 10.1 Å². The van der Waals surface area contributed by atoms with Crippen molar-refractivity contribution in [2.75, 3.05) is 5.32 Å². The fraction of sp³-hybridized carbons (Fsp3) is 0.471. The molecule has 1 atom stereocenters. The third-order valence-corrected chi connectivity index (χ3v) is 4.79. The number of aryl methyl sites for hydroxylation is 1. The van der Waals surface area contributed by atoms with Crippen molar-refractivity contribution in [1.29, 1.82) is 0 Å². The first-order valence-corrected chi connectivity index (χ1v) is 8.13. The lowest BCUT2D eigenvalue weighted by Crippen LogP contribution is -2.27. The Bertz CT molecular complexity index is 734. The minimum absolute atomic E-state index is 0.190. The second-order valence-electron chi connectivity index (χ2n) is 7.03. The molecule has 0 aromatic carbocycles.